The summed E-state index contributed by atoms with van der Waals surface area (Å²) in [7, 11) is -3.11. The number of piperidine rings is 2. The third kappa shape index (κ3) is 3.90. The zero-order chi connectivity index (χ0) is 16.4. The Morgan fingerprint density at radius 1 is 1.04 bits per heavy atom. The van der Waals surface area contributed by atoms with Crippen LogP contribution in [0, 0.1) is 17.8 Å². The van der Waals surface area contributed by atoms with Crippen LogP contribution >= 0.6 is 0 Å². The third-order valence-electron chi connectivity index (χ3n) is 5.82. The number of fused-ring (bicyclic) bond motifs is 2. The SMILES string of the molecule is CCCS(=O)(=O)N1CCC(C(=O)N2CC3CCCC(C3)C2)CC1. The molecule has 2 aliphatic heterocycles. The normalized spacial score (nSPS) is 30.4. The quantitative estimate of drug-likeness (QED) is 0.786. The summed E-state index contributed by atoms with van der Waals surface area (Å²) in [5.74, 6) is 1.95. The molecule has 0 N–H and O–H groups in total. The lowest BCUT2D eigenvalue weighted by Gasteiger charge is -2.43. The van der Waals surface area contributed by atoms with Crippen LogP contribution in [0.25, 0.3) is 0 Å². The smallest absolute Gasteiger partial charge is 0.225 e. The molecule has 0 aromatic heterocycles. The number of rotatable bonds is 4. The van der Waals surface area contributed by atoms with Gasteiger partial charge >= 0.3 is 0 Å². The predicted octanol–water partition coefficient (Wildman–Crippen LogP) is 2.09. The maximum absolute atomic E-state index is 12.8. The molecule has 6 heteroatoms. The maximum atomic E-state index is 12.8. The maximum Gasteiger partial charge on any atom is 0.225 e. The Morgan fingerprint density at radius 3 is 2.22 bits per heavy atom. The summed E-state index contributed by atoms with van der Waals surface area (Å²) in [6.45, 7) is 4.79. The van der Waals surface area contributed by atoms with Crippen LogP contribution in [0.4, 0.5) is 0 Å². The van der Waals surface area contributed by atoms with E-state index in [4.69, 9.17) is 0 Å². The highest BCUT2D eigenvalue weighted by atomic mass is 32.2. The van der Waals surface area contributed by atoms with Gasteiger partial charge in [0.2, 0.25) is 15.9 Å². The van der Waals surface area contributed by atoms with E-state index in [1.54, 1.807) is 4.31 Å². The van der Waals surface area contributed by atoms with E-state index in [-0.39, 0.29) is 17.6 Å². The van der Waals surface area contributed by atoms with Crippen LogP contribution < -0.4 is 0 Å². The molecule has 2 saturated heterocycles. The van der Waals surface area contributed by atoms with Gasteiger partial charge in [0.1, 0.15) is 0 Å². The minimum Gasteiger partial charge on any atom is -0.342 e. The highest BCUT2D eigenvalue weighted by molar-refractivity contribution is 7.89. The van der Waals surface area contributed by atoms with Crippen molar-refractivity contribution in [2.45, 2.75) is 51.9 Å². The van der Waals surface area contributed by atoms with Crippen LogP contribution in [0.3, 0.4) is 0 Å². The van der Waals surface area contributed by atoms with Crippen molar-refractivity contribution in [2.75, 3.05) is 31.9 Å². The van der Waals surface area contributed by atoms with Crippen molar-refractivity contribution >= 4 is 15.9 Å². The van der Waals surface area contributed by atoms with Crippen molar-refractivity contribution in [3.63, 3.8) is 0 Å². The average Bonchev–Trinajstić information content (AvgIpc) is 2.54. The molecule has 3 fully saturated rings. The Hall–Kier alpha value is -0.620. The Kier molecular flexibility index (Phi) is 5.31. The Bertz CT molecular complexity index is 514. The fraction of sp³-hybridized carbons (Fsp3) is 0.941. The molecular weight excluding hydrogens is 312 g/mol. The molecule has 2 unspecified atom stereocenters. The van der Waals surface area contributed by atoms with E-state index in [9.17, 15) is 13.2 Å². The first-order valence-electron chi connectivity index (χ1n) is 9.26. The van der Waals surface area contributed by atoms with Gasteiger partial charge in [-0.2, -0.15) is 0 Å². The standard InChI is InChI=1S/C17H30N2O3S/c1-2-10-23(21,22)19-8-6-16(7-9-19)17(20)18-12-14-4-3-5-15(11-14)13-18/h14-16H,2-13H2,1H3. The lowest BCUT2D eigenvalue weighted by molar-refractivity contribution is -0.140. The van der Waals surface area contributed by atoms with Gasteiger partial charge in [0.25, 0.3) is 0 Å². The van der Waals surface area contributed by atoms with Gasteiger partial charge in [-0.1, -0.05) is 13.3 Å². The van der Waals surface area contributed by atoms with E-state index < -0.39 is 10.0 Å². The molecule has 1 aliphatic carbocycles. The zero-order valence-corrected chi connectivity index (χ0v) is 15.1. The van der Waals surface area contributed by atoms with E-state index in [1.807, 2.05) is 6.92 Å². The number of carbonyl (C=O) groups is 1. The van der Waals surface area contributed by atoms with Crippen LogP contribution in [0.2, 0.25) is 0 Å². The first kappa shape index (κ1) is 17.2. The zero-order valence-electron chi connectivity index (χ0n) is 14.2. The predicted molar refractivity (Wildman–Crippen MR) is 90.4 cm³/mol. The van der Waals surface area contributed by atoms with Crippen LogP contribution in [0.15, 0.2) is 0 Å². The van der Waals surface area contributed by atoms with E-state index >= 15 is 0 Å². The van der Waals surface area contributed by atoms with Crippen LogP contribution in [-0.2, 0) is 14.8 Å². The van der Waals surface area contributed by atoms with Gasteiger partial charge in [-0.15, -0.1) is 0 Å². The first-order valence-corrected chi connectivity index (χ1v) is 10.9. The second-order valence-corrected chi connectivity index (χ2v) is 9.72. The van der Waals surface area contributed by atoms with Crippen molar-refractivity contribution < 1.29 is 13.2 Å². The second-order valence-electron chi connectivity index (χ2n) is 7.63. The minimum absolute atomic E-state index is 0.0295. The topological polar surface area (TPSA) is 57.7 Å². The second kappa shape index (κ2) is 7.09. The van der Waals surface area contributed by atoms with Crippen molar-refractivity contribution in [3.05, 3.63) is 0 Å². The molecule has 0 spiro atoms. The molecule has 3 aliphatic rings. The average molecular weight is 343 g/mol. The summed E-state index contributed by atoms with van der Waals surface area (Å²) in [6, 6.07) is 0. The highest BCUT2D eigenvalue weighted by Gasteiger charge is 2.37. The fourth-order valence-corrected chi connectivity index (χ4v) is 6.18. The third-order valence-corrected chi connectivity index (χ3v) is 7.89. The summed E-state index contributed by atoms with van der Waals surface area (Å²) >= 11 is 0. The number of carbonyl (C=O) groups excluding carboxylic acids is 1. The van der Waals surface area contributed by atoms with Gasteiger partial charge < -0.3 is 4.90 Å². The van der Waals surface area contributed by atoms with E-state index in [2.05, 4.69) is 4.90 Å². The van der Waals surface area contributed by atoms with Gasteiger partial charge in [0.15, 0.2) is 0 Å². The molecule has 0 radical (unpaired) electrons. The van der Waals surface area contributed by atoms with Crippen molar-refractivity contribution in [1.29, 1.82) is 0 Å². The van der Waals surface area contributed by atoms with Crippen molar-refractivity contribution in [2.24, 2.45) is 17.8 Å². The summed E-state index contributed by atoms with van der Waals surface area (Å²) < 4.78 is 25.8. The number of sulfonamides is 1. The molecule has 132 valence electrons. The minimum atomic E-state index is -3.11. The van der Waals surface area contributed by atoms with Gasteiger partial charge in [-0.3, -0.25) is 4.79 Å². The molecule has 23 heavy (non-hydrogen) atoms. The molecule has 1 amide bonds. The molecule has 5 nitrogen and oxygen atoms in total. The van der Waals surface area contributed by atoms with Crippen LogP contribution in [0.5, 0.6) is 0 Å². The van der Waals surface area contributed by atoms with E-state index in [0.717, 1.165) is 13.1 Å². The molecule has 3 rings (SSSR count). The summed E-state index contributed by atoms with van der Waals surface area (Å²) in [5, 5.41) is 0. The van der Waals surface area contributed by atoms with Gasteiger partial charge in [0.05, 0.1) is 5.75 Å². The van der Waals surface area contributed by atoms with Crippen molar-refractivity contribution in [3.8, 4) is 0 Å². The molecule has 2 heterocycles. The summed E-state index contributed by atoms with van der Waals surface area (Å²) in [5.41, 5.74) is 0. The number of likely N-dealkylation sites (tertiary alicyclic amines) is 1. The molecule has 0 aromatic carbocycles. The summed E-state index contributed by atoms with van der Waals surface area (Å²) in [4.78, 5) is 14.9. The van der Waals surface area contributed by atoms with Gasteiger partial charge in [-0.25, -0.2) is 12.7 Å². The number of hydrogen-bond donors (Lipinski definition) is 0. The lowest BCUT2D eigenvalue weighted by atomic mass is 9.77. The molecule has 1 saturated carbocycles. The van der Waals surface area contributed by atoms with E-state index in [0.29, 0.717) is 44.2 Å². The van der Waals surface area contributed by atoms with Crippen LogP contribution in [0.1, 0.15) is 51.9 Å². The Balaban J connectivity index is 1.54. The molecule has 2 atom stereocenters. The molecule has 2 bridgehead atoms. The summed E-state index contributed by atoms with van der Waals surface area (Å²) in [6.07, 6.45) is 7.20. The highest BCUT2D eigenvalue weighted by Crippen LogP contribution is 2.35. The van der Waals surface area contributed by atoms with Gasteiger partial charge in [0, 0.05) is 32.1 Å². The fourth-order valence-electron chi connectivity index (χ4n) is 4.64. The Labute approximate surface area is 140 Å². The Morgan fingerprint density at radius 2 is 1.65 bits per heavy atom. The van der Waals surface area contributed by atoms with Gasteiger partial charge in [-0.05, 0) is 50.4 Å². The number of hydrogen-bond acceptors (Lipinski definition) is 3. The largest absolute Gasteiger partial charge is 0.342 e. The van der Waals surface area contributed by atoms with Crippen LogP contribution in [-0.4, -0.2) is 55.5 Å². The number of amides is 1. The lowest BCUT2D eigenvalue weighted by Crippen LogP contribution is -2.50. The molecule has 0 aromatic rings. The monoisotopic (exact) mass is 342 g/mol. The first-order chi connectivity index (χ1) is 11.0. The molecular formula is C17H30N2O3S. The van der Waals surface area contributed by atoms with E-state index in [1.165, 1.54) is 25.7 Å². The number of nitrogens with zero attached hydrogens (tertiary/aromatic N) is 2. The van der Waals surface area contributed by atoms with Crippen molar-refractivity contribution in [1.82, 2.24) is 9.21 Å².